The van der Waals surface area contributed by atoms with Crippen LogP contribution in [-0.4, -0.2) is 45.1 Å². The van der Waals surface area contributed by atoms with Gasteiger partial charge in [0, 0.05) is 30.4 Å². The van der Waals surface area contributed by atoms with Crippen LogP contribution < -0.4 is 4.74 Å². The third-order valence-electron chi connectivity index (χ3n) is 6.47. The lowest BCUT2D eigenvalue weighted by molar-refractivity contribution is -0.131. The van der Waals surface area contributed by atoms with Gasteiger partial charge in [0.05, 0.1) is 20.1 Å². The maximum Gasteiger partial charge on any atom is 0.339 e. The summed E-state index contributed by atoms with van der Waals surface area (Å²) in [5.41, 5.74) is 4.77. The summed E-state index contributed by atoms with van der Waals surface area (Å²) < 4.78 is 20.7. The van der Waals surface area contributed by atoms with Crippen molar-refractivity contribution in [2.24, 2.45) is 0 Å². The van der Waals surface area contributed by atoms with Gasteiger partial charge < -0.3 is 19.3 Å². The number of ether oxygens (including phenoxy) is 1. The minimum atomic E-state index is -1.08. The third kappa shape index (κ3) is 4.35. The van der Waals surface area contributed by atoms with Gasteiger partial charge in [-0.15, -0.1) is 0 Å². The van der Waals surface area contributed by atoms with Crippen molar-refractivity contribution >= 4 is 22.9 Å². The first kappa shape index (κ1) is 22.6. The molecule has 5 rings (SSSR count). The van der Waals surface area contributed by atoms with Crippen LogP contribution in [0, 0.1) is 5.82 Å². The highest BCUT2D eigenvalue weighted by Crippen LogP contribution is 2.31. The number of fused-ring (bicyclic) bond motifs is 3. The molecule has 1 amide bonds. The number of hydrogen-bond donors (Lipinski definition) is 1. The number of aromatic carboxylic acids is 1. The Morgan fingerprint density at radius 3 is 2.63 bits per heavy atom. The summed E-state index contributed by atoms with van der Waals surface area (Å²) in [5, 5.41) is 10.4. The van der Waals surface area contributed by atoms with Crippen LogP contribution in [0.4, 0.5) is 4.39 Å². The van der Waals surface area contributed by atoms with Gasteiger partial charge in [-0.05, 0) is 59.5 Å². The molecule has 0 saturated carbocycles. The molecule has 178 valence electrons. The van der Waals surface area contributed by atoms with Gasteiger partial charge in [0.15, 0.2) is 0 Å². The van der Waals surface area contributed by atoms with Crippen molar-refractivity contribution in [2.75, 3.05) is 13.7 Å². The number of pyridine rings is 1. The van der Waals surface area contributed by atoms with Crippen molar-refractivity contribution < 1.29 is 23.8 Å². The number of methoxy groups -OCH3 is 1. The number of carbonyl (C=O) groups excluding carboxylic acids is 1. The highest BCUT2D eigenvalue weighted by molar-refractivity contribution is 5.91. The number of carbonyl (C=O) groups is 2. The first-order valence-electron chi connectivity index (χ1n) is 11.3. The van der Waals surface area contributed by atoms with Crippen molar-refractivity contribution in [3.63, 3.8) is 0 Å². The molecule has 8 heteroatoms. The van der Waals surface area contributed by atoms with Crippen LogP contribution in [0.2, 0.25) is 0 Å². The molecule has 0 fully saturated rings. The van der Waals surface area contributed by atoms with Gasteiger partial charge in [-0.1, -0.05) is 18.2 Å². The summed E-state index contributed by atoms with van der Waals surface area (Å²) in [4.78, 5) is 31.0. The van der Waals surface area contributed by atoms with Crippen LogP contribution in [-0.2, 0) is 30.7 Å². The van der Waals surface area contributed by atoms with Crippen molar-refractivity contribution in [1.82, 2.24) is 14.5 Å². The number of amides is 1. The fourth-order valence-electron chi connectivity index (χ4n) is 4.72. The highest BCUT2D eigenvalue weighted by Gasteiger charge is 2.27. The predicted octanol–water partition coefficient (Wildman–Crippen LogP) is 4.06. The largest absolute Gasteiger partial charge is 0.496 e. The standard InChI is InChI=1S/C27H24FN3O4/c1-35-24-13-18(6-9-22(24)27(33)34)14-25(32)30-12-10-20-21-3-2-11-29-26(21)31(23(20)16-30)15-17-4-7-19(28)8-5-17/h2-9,11,13H,10,12,14-16H2,1H3,(H,33,34). The van der Waals surface area contributed by atoms with Crippen molar-refractivity contribution in [2.45, 2.75) is 25.9 Å². The zero-order chi connectivity index (χ0) is 24.5. The molecular formula is C27H24FN3O4. The number of benzene rings is 2. The number of rotatable bonds is 6. The molecule has 35 heavy (non-hydrogen) atoms. The average Bonchev–Trinajstić information content (AvgIpc) is 3.18. The molecular weight excluding hydrogens is 449 g/mol. The summed E-state index contributed by atoms with van der Waals surface area (Å²) >= 11 is 0. The van der Waals surface area contributed by atoms with E-state index in [1.165, 1.54) is 30.9 Å². The summed E-state index contributed by atoms with van der Waals surface area (Å²) in [6.07, 6.45) is 2.61. The molecule has 0 unspecified atom stereocenters. The summed E-state index contributed by atoms with van der Waals surface area (Å²) in [5.74, 6) is -1.18. The quantitative estimate of drug-likeness (QED) is 0.457. The van der Waals surface area contributed by atoms with E-state index in [0.717, 1.165) is 22.3 Å². The molecule has 1 aliphatic rings. The minimum absolute atomic E-state index is 0.0488. The molecule has 1 N–H and O–H groups in total. The highest BCUT2D eigenvalue weighted by atomic mass is 19.1. The molecule has 3 heterocycles. The average molecular weight is 474 g/mol. The van der Waals surface area contributed by atoms with Crippen LogP contribution in [0.5, 0.6) is 5.75 Å². The maximum absolute atomic E-state index is 13.4. The van der Waals surface area contributed by atoms with E-state index < -0.39 is 5.97 Å². The van der Waals surface area contributed by atoms with Crippen LogP contribution >= 0.6 is 0 Å². The normalized spacial score (nSPS) is 13.0. The first-order chi connectivity index (χ1) is 16.9. The first-order valence-corrected chi connectivity index (χ1v) is 11.3. The number of carboxylic acid groups (broad SMARTS) is 1. The van der Waals surface area contributed by atoms with Gasteiger partial charge in [-0.25, -0.2) is 14.2 Å². The lowest BCUT2D eigenvalue weighted by atomic mass is 10.0. The lowest BCUT2D eigenvalue weighted by Crippen LogP contribution is -2.37. The Hall–Kier alpha value is -4.20. The van der Waals surface area contributed by atoms with E-state index in [2.05, 4.69) is 15.6 Å². The van der Waals surface area contributed by atoms with Gasteiger partial charge in [0.25, 0.3) is 0 Å². The van der Waals surface area contributed by atoms with E-state index in [4.69, 9.17) is 4.74 Å². The van der Waals surface area contributed by atoms with Crippen LogP contribution in [0.25, 0.3) is 11.0 Å². The molecule has 2 aromatic heterocycles. The maximum atomic E-state index is 13.4. The van der Waals surface area contributed by atoms with E-state index in [1.807, 2.05) is 11.0 Å². The lowest BCUT2D eigenvalue weighted by Gasteiger charge is -2.29. The molecule has 0 radical (unpaired) electrons. The molecule has 4 aromatic rings. The summed E-state index contributed by atoms with van der Waals surface area (Å²) in [6.45, 7) is 1.55. The van der Waals surface area contributed by atoms with Gasteiger partial charge in [-0.2, -0.15) is 0 Å². The molecule has 1 aliphatic heterocycles. The SMILES string of the molecule is COc1cc(CC(=O)N2CCc3c(n(Cc4ccc(F)cc4)c4ncccc34)C2)ccc1C(=O)O. The Morgan fingerprint density at radius 2 is 1.89 bits per heavy atom. The van der Waals surface area contributed by atoms with E-state index in [0.29, 0.717) is 31.6 Å². The predicted molar refractivity (Wildman–Crippen MR) is 128 cm³/mol. The molecule has 0 aliphatic carbocycles. The van der Waals surface area contributed by atoms with Gasteiger partial charge in [0.2, 0.25) is 5.91 Å². The van der Waals surface area contributed by atoms with Crippen LogP contribution in [0.15, 0.2) is 60.8 Å². The fraction of sp³-hybridized carbons (Fsp3) is 0.222. The number of nitrogens with zero attached hydrogens (tertiary/aromatic N) is 3. The van der Waals surface area contributed by atoms with Crippen LogP contribution in [0.3, 0.4) is 0 Å². The third-order valence-corrected chi connectivity index (χ3v) is 6.47. The van der Waals surface area contributed by atoms with E-state index in [1.54, 1.807) is 30.5 Å². The Labute approximate surface area is 201 Å². The number of hydrogen-bond acceptors (Lipinski definition) is 4. The van der Waals surface area contributed by atoms with Gasteiger partial charge in [-0.3, -0.25) is 4.79 Å². The summed E-state index contributed by atoms with van der Waals surface area (Å²) in [7, 11) is 1.41. The zero-order valence-electron chi connectivity index (χ0n) is 19.2. The molecule has 0 saturated heterocycles. The Balaban J connectivity index is 1.42. The van der Waals surface area contributed by atoms with Crippen molar-refractivity contribution in [3.8, 4) is 5.75 Å². The number of aromatic nitrogens is 2. The number of halogens is 1. The second-order valence-corrected chi connectivity index (χ2v) is 8.59. The molecule has 0 spiro atoms. The Kier molecular flexibility index (Phi) is 5.94. The minimum Gasteiger partial charge on any atom is -0.496 e. The topological polar surface area (TPSA) is 84.7 Å². The van der Waals surface area contributed by atoms with E-state index in [-0.39, 0.29) is 29.5 Å². The number of carboxylic acids is 1. The van der Waals surface area contributed by atoms with Gasteiger partial charge in [0.1, 0.15) is 22.8 Å². The van der Waals surface area contributed by atoms with Crippen molar-refractivity contribution in [3.05, 3.63) is 94.6 Å². The molecule has 0 bridgehead atoms. The Bertz CT molecular complexity index is 1430. The van der Waals surface area contributed by atoms with E-state index in [9.17, 15) is 19.1 Å². The van der Waals surface area contributed by atoms with Gasteiger partial charge >= 0.3 is 5.97 Å². The fourth-order valence-corrected chi connectivity index (χ4v) is 4.72. The molecule has 0 atom stereocenters. The molecule has 2 aromatic carbocycles. The smallest absolute Gasteiger partial charge is 0.339 e. The van der Waals surface area contributed by atoms with E-state index >= 15 is 0 Å². The summed E-state index contributed by atoms with van der Waals surface area (Å²) in [6, 6.07) is 15.1. The van der Waals surface area contributed by atoms with Crippen LogP contribution in [0.1, 0.15) is 32.7 Å². The second kappa shape index (κ2) is 9.21. The monoisotopic (exact) mass is 473 g/mol. The van der Waals surface area contributed by atoms with Crippen molar-refractivity contribution in [1.29, 1.82) is 0 Å². The Morgan fingerprint density at radius 1 is 1.11 bits per heavy atom. The molecule has 7 nitrogen and oxygen atoms in total. The second-order valence-electron chi connectivity index (χ2n) is 8.59. The zero-order valence-corrected chi connectivity index (χ0v) is 19.2.